The Kier molecular flexibility index (Phi) is 6.83. The van der Waals surface area contributed by atoms with E-state index >= 15 is 0 Å². The van der Waals surface area contributed by atoms with E-state index in [-0.39, 0.29) is 11.8 Å². The normalized spacial score (nSPS) is 11.6. The highest BCUT2D eigenvalue weighted by molar-refractivity contribution is 6.33. The van der Waals surface area contributed by atoms with Crippen LogP contribution in [0.5, 0.6) is 0 Å². The minimum absolute atomic E-state index is 0.151. The Morgan fingerprint density at radius 1 is 1.16 bits per heavy atom. The summed E-state index contributed by atoms with van der Waals surface area (Å²) in [5.74, 6) is -0.425. The van der Waals surface area contributed by atoms with Crippen molar-refractivity contribution in [2.24, 2.45) is 0 Å². The number of amides is 2. The third kappa shape index (κ3) is 5.50. The maximum Gasteiger partial charge on any atom is 0.247 e. The highest BCUT2D eigenvalue weighted by Crippen LogP contribution is 2.20. The monoisotopic (exact) mass is 359 g/mol. The average Bonchev–Trinajstić information content (AvgIpc) is 2.61. The van der Waals surface area contributed by atoms with Crippen LogP contribution in [0.1, 0.15) is 36.9 Å². The van der Waals surface area contributed by atoms with Gasteiger partial charge < -0.3 is 16.4 Å². The number of anilines is 1. The molecule has 0 bridgehead atoms. The summed E-state index contributed by atoms with van der Waals surface area (Å²) in [4.78, 5) is 24.6. The molecule has 2 aromatic carbocycles. The predicted molar refractivity (Wildman–Crippen MR) is 99.9 cm³/mol. The second-order valence-corrected chi connectivity index (χ2v) is 6.14. The molecule has 0 aliphatic carbocycles. The van der Waals surface area contributed by atoms with Gasteiger partial charge in [-0.1, -0.05) is 54.9 Å². The smallest absolute Gasteiger partial charge is 0.247 e. The summed E-state index contributed by atoms with van der Waals surface area (Å²) in [6.07, 6.45) is 1.10. The van der Waals surface area contributed by atoms with Crippen LogP contribution in [0.3, 0.4) is 0 Å². The van der Waals surface area contributed by atoms with Gasteiger partial charge >= 0.3 is 0 Å². The van der Waals surface area contributed by atoms with E-state index in [2.05, 4.69) is 10.6 Å². The first kappa shape index (κ1) is 18.8. The van der Waals surface area contributed by atoms with Crippen molar-refractivity contribution in [3.05, 3.63) is 64.7 Å². The Morgan fingerprint density at radius 3 is 2.52 bits per heavy atom. The summed E-state index contributed by atoms with van der Waals surface area (Å²) < 4.78 is 0. The van der Waals surface area contributed by atoms with Gasteiger partial charge in [-0.05, 0) is 29.7 Å². The van der Waals surface area contributed by atoms with E-state index in [9.17, 15) is 9.59 Å². The molecule has 2 rings (SSSR count). The van der Waals surface area contributed by atoms with Gasteiger partial charge in [0.25, 0.3) is 0 Å². The van der Waals surface area contributed by atoms with Crippen LogP contribution in [-0.2, 0) is 16.1 Å². The molecule has 0 fully saturated rings. The molecule has 0 radical (unpaired) electrons. The average molecular weight is 360 g/mol. The van der Waals surface area contributed by atoms with Gasteiger partial charge in [-0.25, -0.2) is 0 Å². The van der Waals surface area contributed by atoms with E-state index in [1.807, 2.05) is 37.3 Å². The molecule has 0 aliphatic rings. The molecule has 1 unspecified atom stereocenters. The topological polar surface area (TPSA) is 84.2 Å². The lowest BCUT2D eigenvalue weighted by atomic mass is 10.1. The fourth-order valence-corrected chi connectivity index (χ4v) is 2.58. The highest BCUT2D eigenvalue weighted by Gasteiger charge is 2.22. The van der Waals surface area contributed by atoms with Crippen molar-refractivity contribution in [1.29, 1.82) is 0 Å². The van der Waals surface area contributed by atoms with Gasteiger partial charge in [0.05, 0.1) is 10.7 Å². The summed E-state index contributed by atoms with van der Waals surface area (Å²) >= 11 is 6.00. The zero-order chi connectivity index (χ0) is 18.2. The molecule has 0 aliphatic heterocycles. The second-order valence-electron chi connectivity index (χ2n) is 5.73. The quantitative estimate of drug-likeness (QED) is 0.664. The van der Waals surface area contributed by atoms with Crippen LogP contribution in [0, 0.1) is 0 Å². The van der Waals surface area contributed by atoms with E-state index in [1.165, 1.54) is 0 Å². The van der Waals surface area contributed by atoms with Crippen molar-refractivity contribution in [2.75, 3.05) is 5.73 Å². The van der Waals surface area contributed by atoms with Crippen molar-refractivity contribution < 1.29 is 9.59 Å². The zero-order valence-electron chi connectivity index (χ0n) is 14.1. The van der Waals surface area contributed by atoms with Gasteiger partial charge in [-0.15, -0.1) is 0 Å². The molecular formula is C19H22ClN3O2. The highest BCUT2D eigenvalue weighted by atomic mass is 35.5. The number of halogens is 1. The minimum atomic E-state index is -0.732. The first-order chi connectivity index (χ1) is 12.0. The van der Waals surface area contributed by atoms with Crippen LogP contribution in [0.25, 0.3) is 0 Å². The zero-order valence-corrected chi connectivity index (χ0v) is 14.8. The van der Waals surface area contributed by atoms with Gasteiger partial charge in [0.2, 0.25) is 11.8 Å². The molecular weight excluding hydrogens is 338 g/mol. The lowest BCUT2D eigenvalue weighted by molar-refractivity contribution is -0.129. The van der Waals surface area contributed by atoms with E-state index in [4.69, 9.17) is 17.3 Å². The van der Waals surface area contributed by atoms with Crippen LogP contribution in [0.2, 0.25) is 5.02 Å². The molecule has 2 aromatic rings. The first-order valence-electron chi connectivity index (χ1n) is 8.17. The molecule has 25 heavy (non-hydrogen) atoms. The molecule has 2 amide bonds. The van der Waals surface area contributed by atoms with Crippen LogP contribution in [0.4, 0.5) is 5.69 Å². The van der Waals surface area contributed by atoms with E-state index in [0.29, 0.717) is 23.7 Å². The number of benzene rings is 2. The molecule has 0 heterocycles. The first-order valence-corrected chi connectivity index (χ1v) is 8.55. The van der Waals surface area contributed by atoms with Crippen molar-refractivity contribution in [3.63, 3.8) is 0 Å². The SMILES string of the molecule is CCCC(=O)NC(C(=O)NCc1ccc(N)c(Cl)c1)c1ccccc1. The number of nitrogen functional groups attached to an aromatic ring is 1. The van der Waals surface area contributed by atoms with Crippen molar-refractivity contribution in [1.82, 2.24) is 10.6 Å². The molecule has 5 nitrogen and oxygen atoms in total. The van der Waals surface area contributed by atoms with Gasteiger partial charge in [-0.3, -0.25) is 9.59 Å². The second kappa shape index (κ2) is 9.08. The third-order valence-electron chi connectivity index (χ3n) is 3.71. The van der Waals surface area contributed by atoms with Crippen molar-refractivity contribution in [2.45, 2.75) is 32.4 Å². The number of hydrogen-bond acceptors (Lipinski definition) is 3. The molecule has 6 heteroatoms. The summed E-state index contributed by atoms with van der Waals surface area (Å²) in [6, 6.07) is 13.6. The molecule has 0 spiro atoms. The van der Waals surface area contributed by atoms with Gasteiger partial charge in [0, 0.05) is 13.0 Å². The number of hydrogen-bond donors (Lipinski definition) is 3. The lowest BCUT2D eigenvalue weighted by Crippen LogP contribution is -2.40. The van der Waals surface area contributed by atoms with Crippen LogP contribution in [0.15, 0.2) is 48.5 Å². The molecule has 132 valence electrons. The Bertz CT molecular complexity index is 735. The van der Waals surface area contributed by atoms with Crippen LogP contribution >= 0.6 is 11.6 Å². The van der Waals surface area contributed by atoms with E-state index < -0.39 is 6.04 Å². The number of carbonyl (C=O) groups is 2. The number of nitrogens with one attached hydrogen (secondary N) is 2. The number of carbonyl (C=O) groups excluding carboxylic acids is 2. The summed E-state index contributed by atoms with van der Waals surface area (Å²) in [5.41, 5.74) is 7.75. The Hall–Kier alpha value is -2.53. The predicted octanol–water partition coefficient (Wildman–Crippen LogP) is 3.20. The fourth-order valence-electron chi connectivity index (χ4n) is 2.38. The van der Waals surface area contributed by atoms with Crippen LogP contribution in [-0.4, -0.2) is 11.8 Å². The Morgan fingerprint density at radius 2 is 1.88 bits per heavy atom. The van der Waals surface area contributed by atoms with E-state index in [0.717, 1.165) is 17.5 Å². The van der Waals surface area contributed by atoms with Crippen LogP contribution < -0.4 is 16.4 Å². The number of rotatable bonds is 7. The van der Waals surface area contributed by atoms with Crippen molar-refractivity contribution in [3.8, 4) is 0 Å². The largest absolute Gasteiger partial charge is 0.398 e. The van der Waals surface area contributed by atoms with E-state index in [1.54, 1.807) is 18.2 Å². The molecule has 0 aromatic heterocycles. The summed E-state index contributed by atoms with van der Waals surface area (Å²) in [5, 5.41) is 6.08. The molecule has 0 saturated heterocycles. The summed E-state index contributed by atoms with van der Waals surface area (Å²) in [6.45, 7) is 2.22. The number of nitrogens with two attached hydrogens (primary N) is 1. The molecule has 1 atom stereocenters. The minimum Gasteiger partial charge on any atom is -0.398 e. The lowest BCUT2D eigenvalue weighted by Gasteiger charge is -2.19. The third-order valence-corrected chi connectivity index (χ3v) is 4.04. The Balaban J connectivity index is 2.09. The fraction of sp³-hybridized carbons (Fsp3) is 0.263. The molecule has 4 N–H and O–H groups in total. The van der Waals surface area contributed by atoms with Gasteiger partial charge in [0.1, 0.15) is 6.04 Å². The standard InChI is InChI=1S/C19H22ClN3O2/c1-2-6-17(24)23-18(14-7-4-3-5-8-14)19(25)22-12-13-9-10-16(21)15(20)11-13/h3-5,7-11,18H,2,6,12,21H2,1H3,(H,22,25)(H,23,24). The Labute approximate surface area is 152 Å². The maximum atomic E-state index is 12.6. The maximum absolute atomic E-state index is 12.6. The van der Waals surface area contributed by atoms with Crippen molar-refractivity contribution >= 4 is 29.1 Å². The summed E-state index contributed by atoms with van der Waals surface area (Å²) in [7, 11) is 0. The molecule has 0 saturated carbocycles. The van der Waals surface area contributed by atoms with Gasteiger partial charge in [-0.2, -0.15) is 0 Å². The van der Waals surface area contributed by atoms with Gasteiger partial charge in [0.15, 0.2) is 0 Å².